The predicted octanol–water partition coefficient (Wildman–Crippen LogP) is 6.62. The maximum absolute atomic E-state index is 6.43. The van der Waals surface area contributed by atoms with Crippen molar-refractivity contribution in [3.63, 3.8) is 0 Å². The van der Waals surface area contributed by atoms with E-state index in [0.29, 0.717) is 18.1 Å². The Morgan fingerprint density at radius 3 is 2.30 bits per heavy atom. The SMILES string of the molecule is NN(c1ccc(Oc2cccc(OCc3ccccc3)c2)cc1)c1ccnc2ccccc12. The van der Waals surface area contributed by atoms with E-state index in [0.717, 1.165) is 33.6 Å². The van der Waals surface area contributed by atoms with Gasteiger partial charge in [-0.25, -0.2) is 5.84 Å². The van der Waals surface area contributed by atoms with E-state index >= 15 is 0 Å². The molecular formula is C28H23N3O2. The Morgan fingerprint density at radius 2 is 1.45 bits per heavy atom. The van der Waals surface area contributed by atoms with E-state index < -0.39 is 0 Å². The Bertz CT molecular complexity index is 1350. The molecule has 1 aromatic heterocycles. The zero-order chi connectivity index (χ0) is 22.5. The highest BCUT2D eigenvalue weighted by Gasteiger charge is 2.10. The molecule has 0 bridgehead atoms. The van der Waals surface area contributed by atoms with Gasteiger partial charge in [0.15, 0.2) is 0 Å². The number of para-hydroxylation sites is 1. The van der Waals surface area contributed by atoms with Gasteiger partial charge >= 0.3 is 0 Å². The second-order valence-corrected chi connectivity index (χ2v) is 7.56. The number of fused-ring (bicyclic) bond motifs is 1. The number of hydrogen-bond acceptors (Lipinski definition) is 5. The van der Waals surface area contributed by atoms with Gasteiger partial charge in [-0.2, -0.15) is 0 Å². The number of anilines is 2. The zero-order valence-corrected chi connectivity index (χ0v) is 18.0. The van der Waals surface area contributed by atoms with Crippen LogP contribution in [0.1, 0.15) is 5.56 Å². The van der Waals surface area contributed by atoms with E-state index in [9.17, 15) is 0 Å². The van der Waals surface area contributed by atoms with Crippen molar-refractivity contribution in [1.82, 2.24) is 4.98 Å². The molecule has 5 rings (SSSR count). The van der Waals surface area contributed by atoms with Crippen molar-refractivity contribution in [3.8, 4) is 17.2 Å². The number of benzene rings is 4. The number of nitrogens with zero attached hydrogens (tertiary/aromatic N) is 2. The third-order valence-electron chi connectivity index (χ3n) is 5.29. The molecule has 0 radical (unpaired) electrons. The first-order valence-corrected chi connectivity index (χ1v) is 10.7. The Kier molecular flexibility index (Phi) is 5.87. The van der Waals surface area contributed by atoms with E-state index in [4.69, 9.17) is 15.3 Å². The number of hydrazine groups is 1. The molecule has 0 saturated carbocycles. The fourth-order valence-corrected chi connectivity index (χ4v) is 3.61. The number of pyridine rings is 1. The maximum Gasteiger partial charge on any atom is 0.131 e. The zero-order valence-electron chi connectivity index (χ0n) is 18.0. The Morgan fingerprint density at radius 1 is 0.697 bits per heavy atom. The minimum absolute atomic E-state index is 0.509. The van der Waals surface area contributed by atoms with Crippen molar-refractivity contribution in [2.45, 2.75) is 6.61 Å². The van der Waals surface area contributed by atoms with Crippen LogP contribution in [-0.4, -0.2) is 4.98 Å². The molecule has 0 unspecified atom stereocenters. The summed E-state index contributed by atoms with van der Waals surface area (Å²) >= 11 is 0. The van der Waals surface area contributed by atoms with Crippen LogP contribution in [0.4, 0.5) is 11.4 Å². The molecule has 5 aromatic rings. The summed E-state index contributed by atoms with van der Waals surface area (Å²) in [7, 11) is 0. The molecule has 0 atom stereocenters. The smallest absolute Gasteiger partial charge is 0.131 e. The highest BCUT2D eigenvalue weighted by Crippen LogP contribution is 2.31. The summed E-state index contributed by atoms with van der Waals surface area (Å²) in [6, 6.07) is 35.2. The van der Waals surface area contributed by atoms with E-state index in [1.807, 2.05) is 109 Å². The van der Waals surface area contributed by atoms with Crippen molar-refractivity contribution in [2.75, 3.05) is 5.01 Å². The lowest BCUT2D eigenvalue weighted by atomic mass is 10.1. The molecule has 0 spiro atoms. The highest BCUT2D eigenvalue weighted by atomic mass is 16.5. The second-order valence-electron chi connectivity index (χ2n) is 7.56. The molecule has 162 valence electrons. The van der Waals surface area contributed by atoms with Crippen LogP contribution < -0.4 is 20.3 Å². The fourth-order valence-electron chi connectivity index (χ4n) is 3.61. The standard InChI is InChI=1S/C28H23N3O2/c29-31(28-17-18-30-27-12-5-4-11-26(27)28)22-13-15-23(16-14-22)33-25-10-6-9-24(19-25)32-20-21-7-2-1-3-8-21/h1-19H,20,29H2. The van der Waals surface area contributed by atoms with Gasteiger partial charge in [0.25, 0.3) is 0 Å². The molecule has 0 amide bonds. The molecule has 0 saturated heterocycles. The normalized spacial score (nSPS) is 10.7. The van der Waals surface area contributed by atoms with Crippen molar-refractivity contribution in [2.24, 2.45) is 5.84 Å². The van der Waals surface area contributed by atoms with Gasteiger partial charge in [-0.3, -0.25) is 9.99 Å². The number of rotatable bonds is 7. The van der Waals surface area contributed by atoms with Gasteiger partial charge in [0.1, 0.15) is 23.9 Å². The number of ether oxygens (including phenoxy) is 2. The van der Waals surface area contributed by atoms with E-state index in [-0.39, 0.29) is 0 Å². The molecule has 5 nitrogen and oxygen atoms in total. The second kappa shape index (κ2) is 9.42. The molecule has 4 aromatic carbocycles. The monoisotopic (exact) mass is 433 g/mol. The van der Waals surface area contributed by atoms with Gasteiger partial charge in [-0.1, -0.05) is 54.6 Å². The molecule has 0 fully saturated rings. The van der Waals surface area contributed by atoms with Crippen LogP contribution in [0.2, 0.25) is 0 Å². The van der Waals surface area contributed by atoms with Crippen LogP contribution in [0.15, 0.2) is 115 Å². The lowest BCUT2D eigenvalue weighted by molar-refractivity contribution is 0.304. The lowest BCUT2D eigenvalue weighted by Crippen LogP contribution is -2.25. The van der Waals surface area contributed by atoms with Crippen LogP contribution in [0.25, 0.3) is 10.9 Å². The summed E-state index contributed by atoms with van der Waals surface area (Å²) < 4.78 is 11.9. The minimum atomic E-state index is 0.509. The van der Waals surface area contributed by atoms with Crippen molar-refractivity contribution in [3.05, 3.63) is 121 Å². The van der Waals surface area contributed by atoms with Gasteiger partial charge < -0.3 is 9.47 Å². The highest BCUT2D eigenvalue weighted by molar-refractivity contribution is 5.93. The Labute approximate surface area is 192 Å². The summed E-state index contributed by atoms with van der Waals surface area (Å²) in [5.74, 6) is 8.61. The summed E-state index contributed by atoms with van der Waals surface area (Å²) in [4.78, 5) is 4.40. The molecule has 0 aliphatic rings. The summed E-state index contributed by atoms with van der Waals surface area (Å²) in [5, 5.41) is 2.65. The fraction of sp³-hybridized carbons (Fsp3) is 0.0357. The van der Waals surface area contributed by atoms with Gasteiger partial charge in [0.05, 0.1) is 16.9 Å². The third-order valence-corrected chi connectivity index (χ3v) is 5.29. The molecule has 0 aliphatic carbocycles. The largest absolute Gasteiger partial charge is 0.489 e. The Hall–Kier alpha value is -4.35. The number of aromatic nitrogens is 1. The Balaban J connectivity index is 1.28. The van der Waals surface area contributed by atoms with Crippen LogP contribution in [0.5, 0.6) is 17.2 Å². The number of hydrogen-bond donors (Lipinski definition) is 1. The first-order chi connectivity index (χ1) is 16.3. The summed E-state index contributed by atoms with van der Waals surface area (Å²) in [5.41, 5.74) is 3.75. The molecule has 0 aliphatic heterocycles. The van der Waals surface area contributed by atoms with Crippen molar-refractivity contribution in [1.29, 1.82) is 0 Å². The quantitative estimate of drug-likeness (QED) is 0.231. The predicted molar refractivity (Wildman–Crippen MR) is 132 cm³/mol. The van der Waals surface area contributed by atoms with Gasteiger partial charge in [-0.05, 0) is 54.1 Å². The number of nitrogens with two attached hydrogens (primary N) is 1. The first-order valence-electron chi connectivity index (χ1n) is 10.7. The van der Waals surface area contributed by atoms with Crippen molar-refractivity contribution >= 4 is 22.3 Å². The molecular weight excluding hydrogens is 410 g/mol. The molecule has 33 heavy (non-hydrogen) atoms. The van der Waals surface area contributed by atoms with Crippen LogP contribution in [0.3, 0.4) is 0 Å². The van der Waals surface area contributed by atoms with E-state index in [1.54, 1.807) is 11.2 Å². The topological polar surface area (TPSA) is 60.6 Å². The maximum atomic E-state index is 6.43. The summed E-state index contributed by atoms with van der Waals surface area (Å²) in [6.45, 7) is 0.509. The van der Waals surface area contributed by atoms with Crippen molar-refractivity contribution < 1.29 is 9.47 Å². The van der Waals surface area contributed by atoms with Crippen LogP contribution in [-0.2, 0) is 6.61 Å². The van der Waals surface area contributed by atoms with E-state index in [2.05, 4.69) is 4.98 Å². The third kappa shape index (κ3) is 4.79. The van der Waals surface area contributed by atoms with Crippen LogP contribution >= 0.6 is 0 Å². The van der Waals surface area contributed by atoms with Gasteiger partial charge in [0.2, 0.25) is 0 Å². The van der Waals surface area contributed by atoms with Gasteiger partial charge in [0, 0.05) is 17.6 Å². The first kappa shape index (κ1) is 20.5. The molecule has 1 heterocycles. The van der Waals surface area contributed by atoms with Crippen LogP contribution in [0, 0.1) is 0 Å². The summed E-state index contributed by atoms with van der Waals surface area (Å²) in [6.07, 6.45) is 1.77. The average molecular weight is 434 g/mol. The minimum Gasteiger partial charge on any atom is -0.489 e. The average Bonchev–Trinajstić information content (AvgIpc) is 2.88. The molecule has 2 N–H and O–H groups in total. The van der Waals surface area contributed by atoms with Gasteiger partial charge in [-0.15, -0.1) is 0 Å². The van der Waals surface area contributed by atoms with E-state index in [1.165, 1.54) is 0 Å². The molecule has 5 heteroatoms. The lowest BCUT2D eigenvalue weighted by Gasteiger charge is -2.20.